The average Bonchev–Trinajstić information content (AvgIpc) is 2.93. The van der Waals surface area contributed by atoms with Crippen LogP contribution in [0.4, 0.5) is 10.5 Å². The van der Waals surface area contributed by atoms with Gasteiger partial charge < -0.3 is 26.2 Å². The first kappa shape index (κ1) is 28.8. The summed E-state index contributed by atoms with van der Waals surface area (Å²) in [5, 5.41) is 22.7. The second-order valence-corrected chi connectivity index (χ2v) is 12.1. The number of pyridine rings is 1. The van der Waals surface area contributed by atoms with Gasteiger partial charge in [-0.2, -0.15) is 0 Å². The molecule has 3 aromatic rings. The summed E-state index contributed by atoms with van der Waals surface area (Å²) < 4.78 is 0. The molecule has 2 aromatic carbocycles. The van der Waals surface area contributed by atoms with Crippen molar-refractivity contribution in [2.75, 3.05) is 11.9 Å². The standard InChI is InChI=1S/C33H40N4O4/c1-3-37(31(39)40)27-15-9-22(10-16-27)17-29(38)36-26-18-28(23-7-5-4-6-8-23)30(35-19-26)24-11-13-25(14-12-24)33(34)20-32(2,41)21-33/h4-8,11-14,18-19,22,27,41H,3,9-10,15-17,20-21,34H2,1-2H3,(H,36,38)(H,39,40). The number of hydrogen-bond donors (Lipinski definition) is 4. The predicted octanol–water partition coefficient (Wildman–Crippen LogP) is 6.00. The minimum Gasteiger partial charge on any atom is -0.465 e. The van der Waals surface area contributed by atoms with Crippen molar-refractivity contribution in [1.29, 1.82) is 0 Å². The van der Waals surface area contributed by atoms with Gasteiger partial charge in [0.05, 0.1) is 23.2 Å². The Balaban J connectivity index is 1.29. The van der Waals surface area contributed by atoms with Crippen LogP contribution in [0.5, 0.6) is 0 Å². The van der Waals surface area contributed by atoms with Crippen molar-refractivity contribution >= 4 is 17.7 Å². The van der Waals surface area contributed by atoms with Gasteiger partial charge in [-0.25, -0.2) is 4.79 Å². The molecule has 0 saturated heterocycles. The fourth-order valence-electron chi connectivity index (χ4n) is 6.76. The van der Waals surface area contributed by atoms with Crippen LogP contribution in [-0.2, 0) is 10.3 Å². The number of hydrogen-bond acceptors (Lipinski definition) is 5. The molecule has 2 aliphatic rings. The lowest BCUT2D eigenvalue weighted by Gasteiger charge is -2.49. The van der Waals surface area contributed by atoms with E-state index in [9.17, 15) is 19.8 Å². The lowest BCUT2D eigenvalue weighted by molar-refractivity contribution is -0.117. The summed E-state index contributed by atoms with van der Waals surface area (Å²) >= 11 is 0. The topological polar surface area (TPSA) is 129 Å². The number of carbonyl (C=O) groups is 2. The van der Waals surface area contributed by atoms with Crippen LogP contribution in [-0.4, -0.2) is 50.3 Å². The summed E-state index contributed by atoms with van der Waals surface area (Å²) in [6.07, 6.45) is 5.55. The molecule has 2 fully saturated rings. The minimum atomic E-state index is -0.870. The molecule has 1 heterocycles. The van der Waals surface area contributed by atoms with Crippen LogP contribution >= 0.6 is 0 Å². The number of nitrogens with two attached hydrogens (primary N) is 1. The average molecular weight is 557 g/mol. The monoisotopic (exact) mass is 556 g/mol. The summed E-state index contributed by atoms with van der Waals surface area (Å²) in [5.41, 5.74) is 10.6. The smallest absolute Gasteiger partial charge is 0.407 e. The van der Waals surface area contributed by atoms with E-state index >= 15 is 0 Å². The van der Waals surface area contributed by atoms with Crippen LogP contribution in [0.1, 0.15) is 64.4 Å². The molecule has 8 nitrogen and oxygen atoms in total. The second-order valence-electron chi connectivity index (χ2n) is 12.1. The summed E-state index contributed by atoms with van der Waals surface area (Å²) in [6.45, 7) is 4.16. The quantitative estimate of drug-likeness (QED) is 0.269. The Labute approximate surface area is 241 Å². The molecule has 2 amide bonds. The Morgan fingerprint density at radius 2 is 1.68 bits per heavy atom. The van der Waals surface area contributed by atoms with Crippen LogP contribution in [0.2, 0.25) is 0 Å². The number of amides is 2. The molecular formula is C33H40N4O4. The van der Waals surface area contributed by atoms with E-state index in [1.165, 1.54) is 4.90 Å². The molecule has 0 aliphatic heterocycles. The number of carboxylic acid groups (broad SMARTS) is 1. The van der Waals surface area contributed by atoms with Gasteiger partial charge in [0, 0.05) is 35.7 Å². The molecule has 2 saturated carbocycles. The number of benzene rings is 2. The van der Waals surface area contributed by atoms with Gasteiger partial charge in [0.2, 0.25) is 5.91 Å². The molecule has 1 aromatic heterocycles. The summed E-state index contributed by atoms with van der Waals surface area (Å²) in [6, 6.07) is 20.1. The normalized spacial score (nSPS) is 25.7. The van der Waals surface area contributed by atoms with Crippen molar-refractivity contribution in [2.45, 2.75) is 76.0 Å². The molecule has 216 valence electrons. The summed E-state index contributed by atoms with van der Waals surface area (Å²) in [4.78, 5) is 30.8. The van der Waals surface area contributed by atoms with E-state index in [2.05, 4.69) is 5.32 Å². The van der Waals surface area contributed by atoms with Crippen molar-refractivity contribution in [2.24, 2.45) is 11.7 Å². The highest BCUT2D eigenvalue weighted by Crippen LogP contribution is 2.46. The van der Waals surface area contributed by atoms with Gasteiger partial charge in [0.15, 0.2) is 0 Å². The largest absolute Gasteiger partial charge is 0.465 e. The Hall–Kier alpha value is -3.75. The Morgan fingerprint density at radius 3 is 2.27 bits per heavy atom. The van der Waals surface area contributed by atoms with Crippen LogP contribution in [0, 0.1) is 5.92 Å². The molecular weight excluding hydrogens is 516 g/mol. The molecule has 5 rings (SSSR count). The molecule has 8 heteroatoms. The third kappa shape index (κ3) is 6.44. The molecule has 0 radical (unpaired) electrons. The lowest BCUT2D eigenvalue weighted by atomic mass is 9.63. The number of carbonyl (C=O) groups excluding carboxylic acids is 1. The number of rotatable bonds is 8. The van der Waals surface area contributed by atoms with E-state index in [0.29, 0.717) is 31.5 Å². The van der Waals surface area contributed by atoms with E-state index in [1.54, 1.807) is 6.20 Å². The van der Waals surface area contributed by atoms with Gasteiger partial charge in [0.25, 0.3) is 0 Å². The third-order valence-electron chi connectivity index (χ3n) is 8.70. The maximum Gasteiger partial charge on any atom is 0.407 e. The highest BCUT2D eigenvalue weighted by atomic mass is 16.4. The maximum absolute atomic E-state index is 13.0. The second kappa shape index (κ2) is 11.6. The summed E-state index contributed by atoms with van der Waals surface area (Å²) in [5.74, 6) is 0.185. The SMILES string of the molecule is CCN(C(=O)O)C1CCC(CC(=O)Nc2cnc(-c3ccc(C4(N)CC(C)(O)C4)cc3)c(-c3ccccc3)c2)CC1. The van der Waals surface area contributed by atoms with Gasteiger partial charge in [-0.1, -0.05) is 54.6 Å². The number of anilines is 1. The van der Waals surface area contributed by atoms with Crippen molar-refractivity contribution in [3.8, 4) is 22.4 Å². The van der Waals surface area contributed by atoms with Gasteiger partial charge in [-0.3, -0.25) is 9.78 Å². The van der Waals surface area contributed by atoms with E-state index in [-0.39, 0.29) is 17.9 Å². The van der Waals surface area contributed by atoms with Crippen molar-refractivity contribution in [3.63, 3.8) is 0 Å². The Bertz CT molecular complexity index is 1370. The first-order chi connectivity index (χ1) is 19.6. The van der Waals surface area contributed by atoms with E-state index in [4.69, 9.17) is 10.7 Å². The van der Waals surface area contributed by atoms with Crippen molar-refractivity contribution in [1.82, 2.24) is 9.88 Å². The Kier molecular flexibility index (Phi) is 8.16. The molecule has 0 unspecified atom stereocenters. The van der Waals surface area contributed by atoms with Gasteiger partial charge in [-0.15, -0.1) is 0 Å². The zero-order valence-electron chi connectivity index (χ0n) is 23.8. The molecule has 0 atom stereocenters. The molecule has 0 bridgehead atoms. The van der Waals surface area contributed by atoms with Gasteiger partial charge in [0.1, 0.15) is 0 Å². The highest BCUT2D eigenvalue weighted by Gasteiger charge is 2.49. The van der Waals surface area contributed by atoms with E-state index in [0.717, 1.165) is 53.6 Å². The van der Waals surface area contributed by atoms with Gasteiger partial charge >= 0.3 is 6.09 Å². The summed E-state index contributed by atoms with van der Waals surface area (Å²) in [7, 11) is 0. The zero-order valence-corrected chi connectivity index (χ0v) is 23.8. The predicted molar refractivity (Wildman–Crippen MR) is 160 cm³/mol. The minimum absolute atomic E-state index is 0.0371. The van der Waals surface area contributed by atoms with Crippen LogP contribution in [0.3, 0.4) is 0 Å². The number of aliphatic hydroxyl groups is 1. The molecule has 2 aliphatic carbocycles. The van der Waals surface area contributed by atoms with Crippen LogP contribution in [0.15, 0.2) is 66.9 Å². The maximum atomic E-state index is 13.0. The zero-order chi connectivity index (χ0) is 29.2. The number of nitrogens with zero attached hydrogens (tertiary/aromatic N) is 2. The van der Waals surface area contributed by atoms with Crippen molar-refractivity contribution < 1.29 is 19.8 Å². The van der Waals surface area contributed by atoms with Gasteiger partial charge in [-0.05, 0) is 75.5 Å². The van der Waals surface area contributed by atoms with Crippen molar-refractivity contribution in [3.05, 3.63) is 72.4 Å². The fraction of sp³-hybridized carbons (Fsp3) is 0.424. The van der Waals surface area contributed by atoms with E-state index < -0.39 is 17.2 Å². The first-order valence-corrected chi connectivity index (χ1v) is 14.5. The third-order valence-corrected chi connectivity index (χ3v) is 8.70. The molecule has 41 heavy (non-hydrogen) atoms. The number of aromatic nitrogens is 1. The lowest BCUT2D eigenvalue weighted by Crippen LogP contribution is -2.58. The Morgan fingerprint density at radius 1 is 1.02 bits per heavy atom. The molecule has 0 spiro atoms. The van der Waals surface area contributed by atoms with Crippen LogP contribution < -0.4 is 11.1 Å². The highest BCUT2D eigenvalue weighted by molar-refractivity contribution is 5.93. The van der Waals surface area contributed by atoms with Crippen LogP contribution in [0.25, 0.3) is 22.4 Å². The molecule has 5 N–H and O–H groups in total. The number of nitrogens with one attached hydrogen (secondary N) is 1. The first-order valence-electron chi connectivity index (χ1n) is 14.5. The van der Waals surface area contributed by atoms with E-state index in [1.807, 2.05) is 74.5 Å². The fourth-order valence-corrected chi connectivity index (χ4v) is 6.76.